The summed E-state index contributed by atoms with van der Waals surface area (Å²) in [5, 5.41) is 21.8. The van der Waals surface area contributed by atoms with Gasteiger partial charge in [0.2, 0.25) is 11.0 Å². The Morgan fingerprint density at radius 1 is 1.44 bits per heavy atom. The Hall–Kier alpha value is -2.40. The van der Waals surface area contributed by atoms with Gasteiger partial charge in [-0.2, -0.15) is 9.36 Å². The lowest BCUT2D eigenvalue weighted by Gasteiger charge is -2.34. The first-order chi connectivity index (χ1) is 11.6. The molecule has 1 fully saturated rings. The molecule has 0 unspecified atom stereocenters. The van der Waals surface area contributed by atoms with E-state index in [1.165, 1.54) is 0 Å². The molecular weight excluding hydrogens is 350 g/mol. The number of carbonyl (C=O) groups is 3. The number of amides is 2. The average molecular weight is 369 g/mol. The molecule has 0 saturated carbocycles. The fourth-order valence-corrected chi connectivity index (χ4v) is 2.64. The van der Waals surface area contributed by atoms with Gasteiger partial charge < -0.3 is 15.2 Å². The Morgan fingerprint density at radius 2 is 2.12 bits per heavy atom. The maximum atomic E-state index is 12.1. The number of nitrogens with zero attached hydrogens (tertiary/aromatic N) is 2. The largest absolute Gasteiger partial charge is 0.444 e. The van der Waals surface area contributed by atoms with Crippen molar-refractivity contribution in [3.05, 3.63) is 5.82 Å². The second kappa shape index (κ2) is 7.23. The zero-order valence-corrected chi connectivity index (χ0v) is 14.8. The van der Waals surface area contributed by atoms with Crippen LogP contribution in [0.5, 0.6) is 0 Å². The highest BCUT2D eigenvalue weighted by Gasteiger charge is 2.40. The molecule has 0 aromatic carbocycles. The van der Waals surface area contributed by atoms with Crippen LogP contribution in [0.4, 0.5) is 9.93 Å². The van der Waals surface area contributed by atoms with E-state index in [0.29, 0.717) is 0 Å². The molecule has 2 amide bonds. The predicted octanol–water partition coefficient (Wildman–Crippen LogP) is 0.319. The number of aliphatic hydroxyl groups excluding tert-OH is 1. The van der Waals surface area contributed by atoms with Crippen LogP contribution in [0.3, 0.4) is 0 Å². The summed E-state index contributed by atoms with van der Waals surface area (Å²) in [6, 6.07) is -0.475. The van der Waals surface area contributed by atoms with Crippen molar-refractivity contribution >= 4 is 40.2 Å². The summed E-state index contributed by atoms with van der Waals surface area (Å²) in [5.41, 5.74) is -1.13. The van der Waals surface area contributed by atoms with Crippen LogP contribution < -0.4 is 10.6 Å². The number of rotatable bonds is 6. The SMILES string of the molecule is CC(C)(C)OC(=O)Nc1nc(C(=N)C(=O)C[C@@H]2C(=O)N[C@@H]2CO)ns1. The Balaban J connectivity index is 1.94. The van der Waals surface area contributed by atoms with Gasteiger partial charge in [-0.25, -0.2) is 4.79 Å². The van der Waals surface area contributed by atoms with E-state index in [1.807, 2.05) is 0 Å². The van der Waals surface area contributed by atoms with Crippen molar-refractivity contribution in [2.75, 3.05) is 11.9 Å². The molecule has 1 aromatic heterocycles. The highest BCUT2D eigenvalue weighted by atomic mass is 32.1. The molecule has 2 heterocycles. The fraction of sp³-hybridized carbons (Fsp3) is 0.571. The normalized spacial score (nSPS) is 19.6. The van der Waals surface area contributed by atoms with Gasteiger partial charge in [-0.3, -0.25) is 20.3 Å². The number of carbonyl (C=O) groups excluding carboxylic acids is 3. The third-order valence-electron chi connectivity index (χ3n) is 3.29. The first-order valence-electron chi connectivity index (χ1n) is 7.48. The van der Waals surface area contributed by atoms with Crippen molar-refractivity contribution in [2.24, 2.45) is 5.92 Å². The summed E-state index contributed by atoms with van der Waals surface area (Å²) in [6.07, 6.45) is -0.922. The van der Waals surface area contributed by atoms with Crippen LogP contribution in [-0.4, -0.2) is 56.2 Å². The van der Waals surface area contributed by atoms with Crippen LogP contribution in [0, 0.1) is 11.3 Å². The number of anilines is 1. The Labute approximate surface area is 147 Å². The standard InChI is InChI=1S/C14H19N5O5S/c1-14(2,3)24-13(23)18-12-17-10(19-25-12)9(15)8(21)4-6-7(5-20)16-11(6)22/h6-7,15,20H,4-5H2,1-3H3,(H,16,22)(H,17,18,19,23)/t6-,7+/m0/s1. The molecule has 0 spiro atoms. The van der Waals surface area contributed by atoms with E-state index in [2.05, 4.69) is 20.0 Å². The molecule has 1 aliphatic heterocycles. The molecule has 25 heavy (non-hydrogen) atoms. The van der Waals surface area contributed by atoms with Crippen LogP contribution in [-0.2, 0) is 14.3 Å². The monoisotopic (exact) mass is 369 g/mol. The number of hydrogen-bond acceptors (Lipinski definition) is 9. The lowest BCUT2D eigenvalue weighted by atomic mass is 9.85. The number of hydrogen-bond donors (Lipinski definition) is 4. The summed E-state index contributed by atoms with van der Waals surface area (Å²) in [7, 11) is 0. The molecule has 0 bridgehead atoms. The van der Waals surface area contributed by atoms with Crippen LogP contribution in [0.25, 0.3) is 0 Å². The van der Waals surface area contributed by atoms with Gasteiger partial charge in [0.25, 0.3) is 0 Å². The van der Waals surface area contributed by atoms with Gasteiger partial charge in [0.1, 0.15) is 11.3 Å². The first-order valence-corrected chi connectivity index (χ1v) is 8.25. The summed E-state index contributed by atoms with van der Waals surface area (Å²) in [4.78, 5) is 39.1. The number of aliphatic hydroxyl groups is 1. The van der Waals surface area contributed by atoms with Gasteiger partial charge in [0.05, 0.1) is 18.6 Å². The van der Waals surface area contributed by atoms with E-state index in [0.717, 1.165) is 11.5 Å². The summed E-state index contributed by atoms with van der Waals surface area (Å²) in [6.45, 7) is 4.87. The van der Waals surface area contributed by atoms with E-state index in [-0.39, 0.29) is 29.9 Å². The molecule has 11 heteroatoms. The molecule has 0 aliphatic carbocycles. The van der Waals surface area contributed by atoms with Gasteiger partial charge in [-0.05, 0) is 20.8 Å². The van der Waals surface area contributed by atoms with E-state index < -0.39 is 35.1 Å². The molecule has 1 aromatic rings. The maximum absolute atomic E-state index is 12.1. The third kappa shape index (κ3) is 4.79. The molecule has 2 rings (SSSR count). The van der Waals surface area contributed by atoms with E-state index in [9.17, 15) is 14.4 Å². The topological polar surface area (TPSA) is 154 Å². The second-order valence-electron chi connectivity index (χ2n) is 6.46. The quantitative estimate of drug-likeness (QED) is 0.416. The number of Topliss-reactive ketones (excluding diaryl/α,β-unsaturated/α-hetero) is 1. The fourth-order valence-electron chi connectivity index (χ4n) is 2.08. The van der Waals surface area contributed by atoms with Gasteiger partial charge in [0, 0.05) is 18.0 Å². The van der Waals surface area contributed by atoms with Gasteiger partial charge in [-0.1, -0.05) is 0 Å². The third-order valence-corrected chi connectivity index (χ3v) is 3.92. The van der Waals surface area contributed by atoms with Crippen LogP contribution in [0.15, 0.2) is 0 Å². The maximum Gasteiger partial charge on any atom is 0.414 e. The minimum absolute atomic E-state index is 0.0939. The highest BCUT2D eigenvalue weighted by molar-refractivity contribution is 7.10. The zero-order valence-electron chi connectivity index (χ0n) is 14.0. The smallest absolute Gasteiger partial charge is 0.414 e. The van der Waals surface area contributed by atoms with Crippen LogP contribution in [0.1, 0.15) is 33.0 Å². The van der Waals surface area contributed by atoms with Crippen molar-refractivity contribution in [1.29, 1.82) is 5.41 Å². The van der Waals surface area contributed by atoms with Crippen LogP contribution >= 0.6 is 11.5 Å². The van der Waals surface area contributed by atoms with E-state index in [1.54, 1.807) is 20.8 Å². The van der Waals surface area contributed by atoms with E-state index >= 15 is 0 Å². The molecule has 1 aliphatic rings. The lowest BCUT2D eigenvalue weighted by Crippen LogP contribution is -2.60. The number of β-lactam (4-membered cyclic amide) rings is 1. The molecule has 1 saturated heterocycles. The molecular formula is C14H19N5O5S. The highest BCUT2D eigenvalue weighted by Crippen LogP contribution is 2.20. The molecule has 4 N–H and O–H groups in total. The van der Waals surface area contributed by atoms with Crippen molar-refractivity contribution in [3.63, 3.8) is 0 Å². The number of ether oxygens (including phenoxy) is 1. The van der Waals surface area contributed by atoms with Gasteiger partial charge >= 0.3 is 6.09 Å². The zero-order chi connectivity index (χ0) is 18.8. The predicted molar refractivity (Wildman–Crippen MR) is 88.7 cm³/mol. The lowest BCUT2D eigenvalue weighted by molar-refractivity contribution is -0.138. The van der Waals surface area contributed by atoms with Crippen molar-refractivity contribution < 1.29 is 24.2 Å². The Morgan fingerprint density at radius 3 is 2.68 bits per heavy atom. The van der Waals surface area contributed by atoms with Gasteiger partial charge in [-0.15, -0.1) is 0 Å². The van der Waals surface area contributed by atoms with E-state index in [4.69, 9.17) is 15.3 Å². The first kappa shape index (κ1) is 18.9. The van der Waals surface area contributed by atoms with Crippen molar-refractivity contribution in [3.8, 4) is 0 Å². The van der Waals surface area contributed by atoms with Crippen molar-refractivity contribution in [2.45, 2.75) is 38.8 Å². The molecule has 0 radical (unpaired) electrons. The van der Waals surface area contributed by atoms with Gasteiger partial charge in [0.15, 0.2) is 11.6 Å². The van der Waals surface area contributed by atoms with Crippen molar-refractivity contribution in [1.82, 2.24) is 14.7 Å². The Kier molecular flexibility index (Phi) is 5.48. The number of nitrogens with one attached hydrogen (secondary N) is 3. The number of ketones is 1. The second-order valence-corrected chi connectivity index (χ2v) is 7.21. The Bertz CT molecular complexity index is 711. The molecule has 10 nitrogen and oxygen atoms in total. The summed E-state index contributed by atoms with van der Waals surface area (Å²) >= 11 is 0.808. The van der Waals surface area contributed by atoms with Crippen LogP contribution in [0.2, 0.25) is 0 Å². The minimum atomic E-state index is -0.718. The number of aromatic nitrogens is 2. The summed E-state index contributed by atoms with van der Waals surface area (Å²) in [5.74, 6) is -1.74. The summed E-state index contributed by atoms with van der Waals surface area (Å²) < 4.78 is 8.93. The minimum Gasteiger partial charge on any atom is -0.444 e. The molecule has 136 valence electrons. The average Bonchev–Trinajstić information content (AvgIpc) is 2.95. The molecule has 2 atom stereocenters.